The van der Waals surface area contributed by atoms with Crippen LogP contribution in [0.3, 0.4) is 0 Å². The number of amides is 1. The van der Waals surface area contributed by atoms with Gasteiger partial charge in [0.05, 0.1) is 6.54 Å². The minimum atomic E-state index is -0.260. The van der Waals surface area contributed by atoms with E-state index in [4.69, 9.17) is 0 Å². The van der Waals surface area contributed by atoms with Gasteiger partial charge in [0.15, 0.2) is 0 Å². The van der Waals surface area contributed by atoms with Crippen LogP contribution in [0.2, 0.25) is 0 Å². The average molecular weight is 282 g/mol. The molecule has 82 valence electrons. The maximum absolute atomic E-state index is 11.7. The Bertz CT molecular complexity index is 484. The van der Waals surface area contributed by atoms with Gasteiger partial charge in [0, 0.05) is 10.7 Å². The molecule has 0 aliphatic heterocycles. The van der Waals surface area contributed by atoms with Gasteiger partial charge in [0.25, 0.3) is 5.91 Å². The highest BCUT2D eigenvalue weighted by molar-refractivity contribution is 9.10. The summed E-state index contributed by atoms with van der Waals surface area (Å²) in [7, 11) is 0. The summed E-state index contributed by atoms with van der Waals surface area (Å²) in [4.78, 5) is 19.6. The number of nitrogens with one attached hydrogen (secondary N) is 2. The summed E-state index contributed by atoms with van der Waals surface area (Å²) >= 11 is 3.26. The molecule has 0 atom stereocenters. The third-order valence-electron chi connectivity index (χ3n) is 1.85. The molecule has 0 saturated heterocycles. The summed E-state index contributed by atoms with van der Waals surface area (Å²) in [5.74, 6) is 0.337. The smallest absolute Gasteiger partial charge is 0.271 e. The van der Waals surface area contributed by atoms with Gasteiger partial charge in [-0.2, -0.15) is 5.10 Å². The van der Waals surface area contributed by atoms with Crippen molar-refractivity contribution in [3.05, 3.63) is 40.6 Å². The third kappa shape index (κ3) is 2.43. The molecule has 6 nitrogen and oxygen atoms in total. The molecule has 0 unspecified atom stereocenters. The highest BCUT2D eigenvalue weighted by Gasteiger charge is 2.10. The molecule has 7 heteroatoms. The lowest BCUT2D eigenvalue weighted by atomic mass is 10.3. The molecule has 0 saturated carbocycles. The maximum Gasteiger partial charge on any atom is 0.271 e. The largest absolute Gasteiger partial charge is 0.343 e. The van der Waals surface area contributed by atoms with Crippen molar-refractivity contribution in [2.45, 2.75) is 6.54 Å². The number of carbonyl (C=O) groups excluding carboxylic acids is 1. The Labute approximate surface area is 99.6 Å². The fraction of sp³-hybridized carbons (Fsp3) is 0.111. The molecule has 0 fully saturated rings. The number of aromatic amines is 1. The van der Waals surface area contributed by atoms with E-state index in [2.05, 4.69) is 41.4 Å². The first kappa shape index (κ1) is 10.7. The lowest BCUT2D eigenvalue weighted by Crippen LogP contribution is -2.24. The van der Waals surface area contributed by atoms with Crippen LogP contribution in [0.25, 0.3) is 0 Å². The number of aromatic nitrogens is 4. The summed E-state index contributed by atoms with van der Waals surface area (Å²) in [6.07, 6.45) is 2.95. The fourth-order valence-corrected chi connectivity index (χ4v) is 1.55. The highest BCUT2D eigenvalue weighted by Crippen LogP contribution is 2.12. The molecule has 0 aliphatic carbocycles. The van der Waals surface area contributed by atoms with E-state index in [0.717, 1.165) is 0 Å². The minimum absolute atomic E-state index is 0.260. The molecule has 0 radical (unpaired) electrons. The molecule has 0 aromatic carbocycles. The molecule has 2 rings (SSSR count). The van der Waals surface area contributed by atoms with Gasteiger partial charge >= 0.3 is 0 Å². The zero-order chi connectivity index (χ0) is 11.4. The van der Waals surface area contributed by atoms with E-state index in [9.17, 15) is 4.79 Å². The SMILES string of the molecule is O=C(NCc1ncn[nH]1)c1ncccc1Br. The average Bonchev–Trinajstić information content (AvgIpc) is 2.79. The van der Waals surface area contributed by atoms with Gasteiger partial charge in [-0.25, -0.2) is 9.97 Å². The molecule has 2 N–H and O–H groups in total. The van der Waals surface area contributed by atoms with Crippen LogP contribution in [0, 0.1) is 0 Å². The standard InChI is InChI=1S/C9H8BrN5O/c10-6-2-1-3-11-8(6)9(16)12-4-7-13-5-14-15-7/h1-3,5H,4H2,(H,12,16)(H,13,14,15). The molecule has 2 aromatic rings. The topological polar surface area (TPSA) is 83.6 Å². The zero-order valence-corrected chi connectivity index (χ0v) is 9.73. The molecule has 1 amide bonds. The van der Waals surface area contributed by atoms with Crippen molar-refractivity contribution in [3.8, 4) is 0 Å². The summed E-state index contributed by atoms with van der Waals surface area (Å²) in [6, 6.07) is 3.51. The first-order valence-corrected chi connectivity index (χ1v) is 5.29. The Kier molecular flexibility index (Phi) is 3.25. The van der Waals surface area contributed by atoms with Crippen LogP contribution < -0.4 is 5.32 Å². The number of hydrogen-bond acceptors (Lipinski definition) is 4. The summed E-state index contributed by atoms with van der Waals surface area (Å²) in [5, 5.41) is 9.01. The van der Waals surface area contributed by atoms with Crippen molar-refractivity contribution < 1.29 is 4.79 Å². The van der Waals surface area contributed by atoms with E-state index in [0.29, 0.717) is 22.5 Å². The molecule has 2 aromatic heterocycles. The fourth-order valence-electron chi connectivity index (χ4n) is 1.12. The van der Waals surface area contributed by atoms with Crippen molar-refractivity contribution in [2.75, 3.05) is 0 Å². The van der Waals surface area contributed by atoms with Crippen LogP contribution in [-0.4, -0.2) is 26.1 Å². The monoisotopic (exact) mass is 281 g/mol. The number of rotatable bonds is 3. The second-order valence-electron chi connectivity index (χ2n) is 2.95. The van der Waals surface area contributed by atoms with Crippen LogP contribution in [0.15, 0.2) is 29.1 Å². The Balaban J connectivity index is 2.01. The van der Waals surface area contributed by atoms with Crippen molar-refractivity contribution >= 4 is 21.8 Å². The van der Waals surface area contributed by atoms with Gasteiger partial charge in [-0.3, -0.25) is 9.89 Å². The normalized spacial score (nSPS) is 10.1. The summed E-state index contributed by atoms with van der Waals surface area (Å²) in [5.41, 5.74) is 0.349. The van der Waals surface area contributed by atoms with Crippen LogP contribution in [0.5, 0.6) is 0 Å². The molecular weight excluding hydrogens is 274 g/mol. The van der Waals surface area contributed by atoms with Crippen LogP contribution in [-0.2, 0) is 6.54 Å². The van der Waals surface area contributed by atoms with Crippen molar-refractivity contribution in [3.63, 3.8) is 0 Å². The Morgan fingerprint density at radius 3 is 3.06 bits per heavy atom. The van der Waals surface area contributed by atoms with Gasteiger partial charge < -0.3 is 5.32 Å². The molecule has 0 aliphatic rings. The first-order valence-electron chi connectivity index (χ1n) is 4.50. The van der Waals surface area contributed by atoms with Crippen LogP contribution >= 0.6 is 15.9 Å². The second-order valence-corrected chi connectivity index (χ2v) is 3.80. The summed E-state index contributed by atoms with van der Waals surface area (Å²) in [6.45, 7) is 0.293. The first-order chi connectivity index (χ1) is 7.77. The minimum Gasteiger partial charge on any atom is -0.343 e. The number of nitrogens with zero attached hydrogens (tertiary/aromatic N) is 3. The predicted molar refractivity (Wildman–Crippen MR) is 59.5 cm³/mol. The quantitative estimate of drug-likeness (QED) is 0.875. The highest BCUT2D eigenvalue weighted by atomic mass is 79.9. The third-order valence-corrected chi connectivity index (χ3v) is 2.49. The lowest BCUT2D eigenvalue weighted by molar-refractivity contribution is 0.0944. The molecule has 0 spiro atoms. The Morgan fingerprint density at radius 2 is 2.38 bits per heavy atom. The number of H-pyrrole nitrogens is 1. The second kappa shape index (κ2) is 4.84. The lowest BCUT2D eigenvalue weighted by Gasteiger charge is -2.03. The van der Waals surface area contributed by atoms with Crippen LogP contribution in [0.1, 0.15) is 16.3 Å². The number of hydrogen-bond donors (Lipinski definition) is 2. The van der Waals surface area contributed by atoms with E-state index in [1.165, 1.54) is 6.33 Å². The van der Waals surface area contributed by atoms with E-state index < -0.39 is 0 Å². The van der Waals surface area contributed by atoms with E-state index in [1.807, 2.05) is 0 Å². The number of carbonyl (C=O) groups is 1. The van der Waals surface area contributed by atoms with Gasteiger partial charge in [0.1, 0.15) is 17.8 Å². The Morgan fingerprint density at radius 1 is 1.50 bits per heavy atom. The molecule has 2 heterocycles. The zero-order valence-electron chi connectivity index (χ0n) is 8.14. The Hall–Kier alpha value is -1.76. The van der Waals surface area contributed by atoms with Gasteiger partial charge in [-0.1, -0.05) is 0 Å². The van der Waals surface area contributed by atoms with Crippen LogP contribution in [0.4, 0.5) is 0 Å². The summed E-state index contributed by atoms with van der Waals surface area (Å²) < 4.78 is 0.657. The maximum atomic E-state index is 11.7. The van der Waals surface area contributed by atoms with Gasteiger partial charge in [0.2, 0.25) is 0 Å². The van der Waals surface area contributed by atoms with Crippen molar-refractivity contribution in [1.82, 2.24) is 25.5 Å². The molecule has 16 heavy (non-hydrogen) atoms. The number of pyridine rings is 1. The van der Waals surface area contributed by atoms with E-state index in [-0.39, 0.29) is 5.91 Å². The molecular formula is C9H8BrN5O. The van der Waals surface area contributed by atoms with Crippen molar-refractivity contribution in [2.24, 2.45) is 0 Å². The predicted octanol–water partition coefficient (Wildman–Crippen LogP) is 0.892. The number of halogens is 1. The van der Waals surface area contributed by atoms with Gasteiger partial charge in [-0.05, 0) is 28.1 Å². The van der Waals surface area contributed by atoms with Gasteiger partial charge in [-0.15, -0.1) is 0 Å². The van der Waals surface area contributed by atoms with E-state index in [1.54, 1.807) is 18.3 Å². The molecule has 0 bridgehead atoms. The van der Waals surface area contributed by atoms with Crippen molar-refractivity contribution in [1.29, 1.82) is 0 Å². The van der Waals surface area contributed by atoms with E-state index >= 15 is 0 Å².